The van der Waals surface area contributed by atoms with Gasteiger partial charge >= 0.3 is 5.97 Å². The summed E-state index contributed by atoms with van der Waals surface area (Å²) < 4.78 is 2.31. The number of allylic oxidation sites excluding steroid dienone is 2. The number of carbonyl (C=O) groups is 2. The quantitative estimate of drug-likeness (QED) is 0.212. The van der Waals surface area contributed by atoms with Gasteiger partial charge in [-0.25, -0.2) is 9.78 Å². The van der Waals surface area contributed by atoms with E-state index < -0.39 is 5.97 Å². The zero-order valence-electron chi connectivity index (χ0n) is 22.8. The summed E-state index contributed by atoms with van der Waals surface area (Å²) in [6.07, 6.45) is 15.3. The van der Waals surface area contributed by atoms with Crippen LogP contribution in [0.2, 0.25) is 0 Å². The molecule has 0 unspecified atom stereocenters. The number of nitrogens with zero attached hydrogens (tertiary/aromatic N) is 2. The molecule has 4 rings (SSSR count). The van der Waals surface area contributed by atoms with E-state index in [-0.39, 0.29) is 11.5 Å². The molecule has 6 heteroatoms. The Morgan fingerprint density at radius 3 is 2.61 bits per heavy atom. The third-order valence-corrected chi connectivity index (χ3v) is 7.49. The second-order valence-corrected chi connectivity index (χ2v) is 10.4. The third-order valence-electron chi connectivity index (χ3n) is 7.49. The second kappa shape index (κ2) is 12.7. The Balaban J connectivity index is 1.37. The van der Waals surface area contributed by atoms with Crippen molar-refractivity contribution >= 4 is 34.7 Å². The van der Waals surface area contributed by atoms with Crippen LogP contribution in [0, 0.1) is 13.8 Å². The average molecular weight is 514 g/mol. The Labute approximate surface area is 225 Å². The molecule has 0 bridgehead atoms. The Morgan fingerprint density at radius 2 is 1.89 bits per heavy atom. The van der Waals surface area contributed by atoms with Gasteiger partial charge < -0.3 is 15.0 Å². The lowest BCUT2D eigenvalue weighted by Crippen LogP contribution is -2.14. The van der Waals surface area contributed by atoms with Crippen molar-refractivity contribution in [2.75, 3.05) is 5.32 Å². The van der Waals surface area contributed by atoms with Crippen molar-refractivity contribution in [1.82, 2.24) is 9.55 Å². The molecule has 200 valence electrons. The normalized spacial score (nSPS) is 14.9. The number of amides is 1. The van der Waals surface area contributed by atoms with E-state index in [0.717, 1.165) is 65.8 Å². The summed E-state index contributed by atoms with van der Waals surface area (Å²) in [5.74, 6) is -0.0188. The molecule has 0 atom stereocenters. The molecule has 38 heavy (non-hydrogen) atoms. The van der Waals surface area contributed by atoms with Gasteiger partial charge in [-0.1, -0.05) is 54.7 Å². The van der Waals surface area contributed by atoms with Crippen molar-refractivity contribution in [2.45, 2.75) is 84.6 Å². The van der Waals surface area contributed by atoms with Gasteiger partial charge in [0.05, 0.1) is 16.6 Å². The number of aromatic carboxylic acids is 1. The van der Waals surface area contributed by atoms with Gasteiger partial charge in [0.1, 0.15) is 5.82 Å². The van der Waals surface area contributed by atoms with Crippen molar-refractivity contribution in [1.29, 1.82) is 0 Å². The van der Waals surface area contributed by atoms with Crippen molar-refractivity contribution in [3.63, 3.8) is 0 Å². The number of carboxylic acid groups (broad SMARTS) is 1. The minimum absolute atomic E-state index is 0.0162. The highest BCUT2D eigenvalue weighted by Crippen LogP contribution is 2.33. The first kappa shape index (κ1) is 27.4. The zero-order valence-corrected chi connectivity index (χ0v) is 22.8. The van der Waals surface area contributed by atoms with Crippen molar-refractivity contribution in [2.24, 2.45) is 0 Å². The Kier molecular flexibility index (Phi) is 9.16. The van der Waals surface area contributed by atoms with Crippen LogP contribution in [0.15, 0.2) is 54.1 Å². The fraction of sp³-hybridized carbons (Fsp3) is 0.406. The van der Waals surface area contributed by atoms with E-state index in [0.29, 0.717) is 12.5 Å². The van der Waals surface area contributed by atoms with Gasteiger partial charge in [0.2, 0.25) is 5.91 Å². The number of carboxylic acids is 1. The van der Waals surface area contributed by atoms with Crippen LogP contribution in [0.4, 0.5) is 5.69 Å². The van der Waals surface area contributed by atoms with Gasteiger partial charge in [0.25, 0.3) is 0 Å². The summed E-state index contributed by atoms with van der Waals surface area (Å²) >= 11 is 0. The maximum atomic E-state index is 12.6. The maximum absolute atomic E-state index is 12.6. The van der Waals surface area contributed by atoms with E-state index in [2.05, 4.69) is 28.1 Å². The van der Waals surface area contributed by atoms with E-state index in [9.17, 15) is 14.7 Å². The van der Waals surface area contributed by atoms with Gasteiger partial charge in [0.15, 0.2) is 0 Å². The molecule has 1 amide bonds. The first-order valence-electron chi connectivity index (χ1n) is 13.8. The van der Waals surface area contributed by atoms with Crippen LogP contribution in [0.3, 0.4) is 0 Å². The fourth-order valence-corrected chi connectivity index (χ4v) is 5.42. The van der Waals surface area contributed by atoms with Crippen molar-refractivity contribution in [3.8, 4) is 0 Å². The molecule has 0 aliphatic heterocycles. The minimum atomic E-state index is -0.932. The summed E-state index contributed by atoms with van der Waals surface area (Å²) in [6, 6.07) is 11.7. The third kappa shape index (κ3) is 6.80. The predicted molar refractivity (Wildman–Crippen MR) is 155 cm³/mol. The molecular formula is C32H39N3O3. The van der Waals surface area contributed by atoms with Crippen LogP contribution in [0.1, 0.15) is 98.1 Å². The van der Waals surface area contributed by atoms with Crippen LogP contribution in [-0.4, -0.2) is 26.5 Å². The van der Waals surface area contributed by atoms with Crippen LogP contribution < -0.4 is 5.32 Å². The molecule has 2 aromatic carbocycles. The standard InChI is InChI=1S/C32H39N3O3/c1-4-24(20-31(36)34-27-17-15-22(2)19-23(27)3)11-7-5-10-14-30-33-28-21-25(32(37)38)16-18-29(28)35(30)26-12-8-6-9-13-26/h4,10,14-19,21,26H,5-9,11-13,20H2,1-3H3,(H,34,36)(H,37,38)/b14-10+,24-4+. The lowest BCUT2D eigenvalue weighted by atomic mass is 9.95. The Hall–Kier alpha value is -3.67. The first-order chi connectivity index (χ1) is 18.4. The number of hydrogen-bond acceptors (Lipinski definition) is 3. The highest BCUT2D eigenvalue weighted by atomic mass is 16.4. The maximum Gasteiger partial charge on any atom is 0.335 e. The van der Waals surface area contributed by atoms with Crippen molar-refractivity contribution < 1.29 is 14.7 Å². The highest BCUT2D eigenvalue weighted by molar-refractivity contribution is 5.93. The van der Waals surface area contributed by atoms with Crippen LogP contribution in [0.25, 0.3) is 17.1 Å². The summed E-state index contributed by atoms with van der Waals surface area (Å²) in [6.45, 7) is 6.05. The molecule has 0 radical (unpaired) electrons. The van der Waals surface area contributed by atoms with Crippen LogP contribution in [-0.2, 0) is 4.79 Å². The van der Waals surface area contributed by atoms with E-state index in [1.807, 2.05) is 45.0 Å². The topological polar surface area (TPSA) is 84.2 Å². The van der Waals surface area contributed by atoms with Gasteiger partial charge in [-0.3, -0.25) is 4.79 Å². The Bertz CT molecular complexity index is 1360. The number of aryl methyl sites for hydroxylation is 2. The molecule has 1 aromatic heterocycles. The zero-order chi connectivity index (χ0) is 27.1. The number of hydrogen-bond donors (Lipinski definition) is 2. The largest absolute Gasteiger partial charge is 0.478 e. The van der Waals surface area contributed by atoms with Gasteiger partial charge in [0, 0.05) is 18.2 Å². The molecule has 1 aliphatic carbocycles. The fourth-order valence-electron chi connectivity index (χ4n) is 5.42. The summed E-state index contributed by atoms with van der Waals surface area (Å²) in [7, 11) is 0. The van der Waals surface area contributed by atoms with E-state index in [1.54, 1.807) is 12.1 Å². The summed E-state index contributed by atoms with van der Waals surface area (Å²) in [5, 5.41) is 12.5. The van der Waals surface area contributed by atoms with Gasteiger partial charge in [-0.2, -0.15) is 0 Å². The average Bonchev–Trinajstić information content (AvgIpc) is 3.27. The summed E-state index contributed by atoms with van der Waals surface area (Å²) in [4.78, 5) is 28.9. The monoisotopic (exact) mass is 513 g/mol. The molecular weight excluding hydrogens is 474 g/mol. The second-order valence-electron chi connectivity index (χ2n) is 10.4. The van der Waals surface area contributed by atoms with Crippen LogP contribution in [0.5, 0.6) is 0 Å². The number of unbranched alkanes of at least 4 members (excludes halogenated alkanes) is 1. The van der Waals surface area contributed by atoms with Crippen molar-refractivity contribution in [3.05, 3.63) is 76.6 Å². The number of aromatic nitrogens is 2. The molecule has 6 nitrogen and oxygen atoms in total. The minimum Gasteiger partial charge on any atom is -0.478 e. The molecule has 1 saturated carbocycles. The lowest BCUT2D eigenvalue weighted by Gasteiger charge is -2.25. The van der Waals surface area contributed by atoms with Gasteiger partial charge in [-0.15, -0.1) is 0 Å². The number of imidazole rings is 1. The molecule has 1 heterocycles. The smallest absolute Gasteiger partial charge is 0.335 e. The molecule has 1 aliphatic rings. The number of benzene rings is 2. The van der Waals surface area contributed by atoms with Crippen LogP contribution >= 0.6 is 0 Å². The predicted octanol–water partition coefficient (Wildman–Crippen LogP) is 8.02. The first-order valence-corrected chi connectivity index (χ1v) is 13.8. The highest BCUT2D eigenvalue weighted by Gasteiger charge is 2.21. The molecule has 2 N–H and O–H groups in total. The Morgan fingerprint density at radius 1 is 1.11 bits per heavy atom. The lowest BCUT2D eigenvalue weighted by molar-refractivity contribution is -0.115. The van der Waals surface area contributed by atoms with Gasteiger partial charge in [-0.05, 0) is 88.8 Å². The number of anilines is 1. The van der Waals surface area contributed by atoms with E-state index in [1.165, 1.54) is 24.8 Å². The molecule has 0 spiro atoms. The molecule has 0 saturated heterocycles. The number of carbonyl (C=O) groups excluding carboxylic acids is 1. The SMILES string of the molecule is C/C=C(\CCC/C=C/c1nc2cc(C(=O)O)ccc2n1C1CCCCC1)CC(=O)Nc1ccc(C)cc1C. The van der Waals surface area contributed by atoms with E-state index >= 15 is 0 Å². The molecule has 1 fully saturated rings. The molecule has 3 aromatic rings. The van der Waals surface area contributed by atoms with E-state index in [4.69, 9.17) is 4.98 Å². The number of fused-ring (bicyclic) bond motifs is 1. The summed E-state index contributed by atoms with van der Waals surface area (Å²) in [5.41, 5.74) is 6.27. The number of rotatable bonds is 10. The number of nitrogens with one attached hydrogen (secondary N) is 1.